The van der Waals surface area contributed by atoms with Crippen molar-refractivity contribution in [1.82, 2.24) is 29.9 Å². The van der Waals surface area contributed by atoms with E-state index in [1.807, 2.05) is 66.7 Å². The van der Waals surface area contributed by atoms with Crippen LogP contribution in [0.4, 0.5) is 0 Å². The summed E-state index contributed by atoms with van der Waals surface area (Å²) in [6, 6.07) is 40.6. The summed E-state index contributed by atoms with van der Waals surface area (Å²) >= 11 is 0. The highest BCUT2D eigenvalue weighted by Gasteiger charge is 2.36. The van der Waals surface area contributed by atoms with Crippen LogP contribution in [0.3, 0.4) is 0 Å². The topological polar surface area (TPSA) is 94.4 Å². The summed E-state index contributed by atoms with van der Waals surface area (Å²) in [5, 5.41) is 0. The number of carbonyl (C=O) groups is 1. The van der Waals surface area contributed by atoms with Crippen LogP contribution in [0.2, 0.25) is 0 Å². The van der Waals surface area contributed by atoms with Gasteiger partial charge in [0.15, 0.2) is 23.3 Å². The van der Waals surface area contributed by atoms with Crippen LogP contribution in [0.5, 0.6) is 0 Å². The van der Waals surface area contributed by atoms with Gasteiger partial charge in [0.2, 0.25) is 0 Å². The molecule has 0 saturated carbocycles. The number of ketones is 1. The van der Waals surface area contributed by atoms with Crippen molar-refractivity contribution in [3.05, 3.63) is 168 Å². The molecule has 7 heteroatoms. The molecular weight excluding hydrogens is 629 g/mol. The number of aromatic nitrogens is 6. The van der Waals surface area contributed by atoms with Crippen LogP contribution in [-0.2, 0) is 5.41 Å². The Kier molecular flexibility index (Phi) is 7.14. The molecule has 3 heterocycles. The van der Waals surface area contributed by atoms with E-state index in [1.165, 1.54) is 0 Å². The Labute approximate surface area is 294 Å². The third-order valence-corrected chi connectivity index (χ3v) is 9.76. The first kappa shape index (κ1) is 30.3. The molecule has 0 amide bonds. The highest BCUT2D eigenvalue weighted by atomic mass is 16.1. The smallest absolute Gasteiger partial charge is 0.193 e. The van der Waals surface area contributed by atoms with E-state index < -0.39 is 0 Å². The summed E-state index contributed by atoms with van der Waals surface area (Å²) in [7, 11) is 0. The van der Waals surface area contributed by atoms with Gasteiger partial charge in [0, 0.05) is 58.0 Å². The lowest BCUT2D eigenvalue weighted by Gasteiger charge is -2.34. The molecule has 1 aliphatic rings. The summed E-state index contributed by atoms with van der Waals surface area (Å²) in [5.74, 6) is 1.73. The largest absolute Gasteiger partial charge is 0.289 e. The number of pyridine rings is 1. The second kappa shape index (κ2) is 12.0. The summed E-state index contributed by atoms with van der Waals surface area (Å²) in [6.07, 6.45) is 6.84. The van der Waals surface area contributed by atoms with Crippen LogP contribution in [0.15, 0.2) is 146 Å². The Morgan fingerprint density at radius 1 is 0.451 bits per heavy atom. The Morgan fingerprint density at radius 3 is 1.73 bits per heavy atom. The summed E-state index contributed by atoms with van der Waals surface area (Å²) < 4.78 is 0. The standard InChI is InChI=1S/C44H30N6O/c1-44(2)36-8-4-3-7-34(36)40(51)35-24-31(17-19-37(35)44)29-11-9-27(10-12-29)28-13-15-30(16-14-28)41-48-42(50-43(49-41)33-6-5-21-45-26-33)32-18-20-38-39(25-32)47-23-22-46-38/h3-26H,1-2H3. The highest BCUT2D eigenvalue weighted by Crippen LogP contribution is 2.42. The molecule has 0 fully saturated rings. The van der Waals surface area contributed by atoms with Crippen molar-refractivity contribution in [3.8, 4) is 56.4 Å². The molecule has 0 aliphatic heterocycles. The van der Waals surface area contributed by atoms with Gasteiger partial charge in [-0.15, -0.1) is 0 Å². The van der Waals surface area contributed by atoms with Gasteiger partial charge in [0.25, 0.3) is 0 Å². The molecular formula is C44H30N6O. The average Bonchev–Trinajstić information content (AvgIpc) is 3.20. The van der Waals surface area contributed by atoms with Gasteiger partial charge >= 0.3 is 0 Å². The van der Waals surface area contributed by atoms with Crippen molar-refractivity contribution in [3.63, 3.8) is 0 Å². The first-order valence-electron chi connectivity index (χ1n) is 16.8. The normalized spacial score (nSPS) is 13.1. The van der Waals surface area contributed by atoms with Crippen LogP contribution in [0.1, 0.15) is 40.9 Å². The summed E-state index contributed by atoms with van der Waals surface area (Å²) in [5.41, 5.74) is 11.8. The number of carbonyl (C=O) groups excluding carboxylic acids is 1. The minimum atomic E-state index is -0.247. The fourth-order valence-corrected chi connectivity index (χ4v) is 7.00. The number of rotatable bonds is 5. The van der Waals surface area contributed by atoms with Gasteiger partial charge in [0.05, 0.1) is 11.0 Å². The zero-order chi connectivity index (χ0) is 34.5. The maximum absolute atomic E-state index is 13.6. The molecule has 8 aromatic rings. The van der Waals surface area contributed by atoms with Gasteiger partial charge in [-0.25, -0.2) is 15.0 Å². The lowest BCUT2D eigenvalue weighted by atomic mass is 9.68. The maximum Gasteiger partial charge on any atom is 0.193 e. The van der Waals surface area contributed by atoms with Crippen molar-refractivity contribution in [2.45, 2.75) is 19.3 Å². The molecule has 3 aromatic heterocycles. The molecule has 0 bridgehead atoms. The van der Waals surface area contributed by atoms with Gasteiger partial charge in [0.1, 0.15) is 0 Å². The summed E-state index contributed by atoms with van der Waals surface area (Å²) in [4.78, 5) is 41.3. The average molecular weight is 659 g/mol. The van der Waals surface area contributed by atoms with E-state index in [1.54, 1.807) is 24.8 Å². The molecule has 242 valence electrons. The molecule has 0 atom stereocenters. The van der Waals surface area contributed by atoms with Crippen LogP contribution in [-0.4, -0.2) is 35.7 Å². The van der Waals surface area contributed by atoms with E-state index in [-0.39, 0.29) is 11.2 Å². The second-order valence-corrected chi connectivity index (χ2v) is 13.2. The minimum absolute atomic E-state index is 0.0860. The fourth-order valence-electron chi connectivity index (χ4n) is 7.00. The number of nitrogens with zero attached hydrogens (tertiary/aromatic N) is 6. The van der Waals surface area contributed by atoms with Crippen LogP contribution < -0.4 is 0 Å². The molecule has 0 radical (unpaired) electrons. The van der Waals surface area contributed by atoms with Crippen molar-refractivity contribution in [2.75, 3.05) is 0 Å². The van der Waals surface area contributed by atoms with Gasteiger partial charge in [-0.1, -0.05) is 98.8 Å². The Balaban J connectivity index is 1.02. The lowest BCUT2D eigenvalue weighted by molar-refractivity contribution is 0.103. The zero-order valence-electron chi connectivity index (χ0n) is 27.9. The number of hydrogen-bond acceptors (Lipinski definition) is 7. The lowest BCUT2D eigenvalue weighted by Crippen LogP contribution is -2.30. The molecule has 0 saturated heterocycles. The van der Waals surface area contributed by atoms with Crippen molar-refractivity contribution >= 4 is 16.8 Å². The fraction of sp³-hybridized carbons (Fsp3) is 0.0682. The predicted octanol–water partition coefficient (Wildman–Crippen LogP) is 9.42. The SMILES string of the molecule is CC1(C)c2ccccc2C(=O)c2cc(-c3ccc(-c4ccc(-c5nc(-c6cccnc6)nc(-c6ccc7nccnc7c6)n5)cc4)cc3)ccc21. The summed E-state index contributed by atoms with van der Waals surface area (Å²) in [6.45, 7) is 4.38. The number of hydrogen-bond donors (Lipinski definition) is 0. The maximum atomic E-state index is 13.6. The molecule has 0 spiro atoms. The molecule has 0 unspecified atom stereocenters. The molecule has 51 heavy (non-hydrogen) atoms. The van der Waals surface area contributed by atoms with E-state index in [4.69, 9.17) is 15.0 Å². The molecule has 7 nitrogen and oxygen atoms in total. The van der Waals surface area contributed by atoms with Gasteiger partial charge in [-0.05, 0) is 69.8 Å². The van der Waals surface area contributed by atoms with Crippen molar-refractivity contribution in [2.24, 2.45) is 0 Å². The highest BCUT2D eigenvalue weighted by molar-refractivity contribution is 6.13. The Bertz CT molecular complexity index is 2620. The van der Waals surface area contributed by atoms with E-state index in [0.29, 0.717) is 17.5 Å². The Hall–Kier alpha value is -6.73. The van der Waals surface area contributed by atoms with E-state index in [9.17, 15) is 4.79 Å². The monoisotopic (exact) mass is 658 g/mol. The van der Waals surface area contributed by atoms with Crippen molar-refractivity contribution < 1.29 is 4.79 Å². The van der Waals surface area contributed by atoms with Gasteiger partial charge in [-0.3, -0.25) is 19.7 Å². The third-order valence-electron chi connectivity index (χ3n) is 9.76. The van der Waals surface area contributed by atoms with Crippen molar-refractivity contribution in [1.29, 1.82) is 0 Å². The zero-order valence-corrected chi connectivity index (χ0v) is 27.9. The van der Waals surface area contributed by atoms with Gasteiger partial charge < -0.3 is 0 Å². The quantitative estimate of drug-likeness (QED) is 0.182. The van der Waals surface area contributed by atoms with Gasteiger partial charge in [-0.2, -0.15) is 0 Å². The second-order valence-electron chi connectivity index (χ2n) is 13.2. The van der Waals surface area contributed by atoms with E-state index in [2.05, 4.69) is 83.4 Å². The first-order valence-corrected chi connectivity index (χ1v) is 16.8. The number of fused-ring (bicyclic) bond motifs is 3. The van der Waals surface area contributed by atoms with Crippen LogP contribution in [0.25, 0.3) is 67.5 Å². The molecule has 9 rings (SSSR count). The molecule has 0 N–H and O–H groups in total. The third kappa shape index (κ3) is 5.36. The minimum Gasteiger partial charge on any atom is -0.289 e. The Morgan fingerprint density at radius 2 is 1.02 bits per heavy atom. The van der Waals surface area contributed by atoms with E-state index >= 15 is 0 Å². The molecule has 5 aromatic carbocycles. The van der Waals surface area contributed by atoms with E-state index in [0.717, 1.165) is 72.2 Å². The first-order chi connectivity index (χ1) is 24.9. The predicted molar refractivity (Wildman–Crippen MR) is 200 cm³/mol. The number of benzene rings is 5. The van der Waals surface area contributed by atoms with Crippen LogP contribution in [0, 0.1) is 0 Å². The van der Waals surface area contributed by atoms with Crippen LogP contribution >= 0.6 is 0 Å². The molecule has 1 aliphatic carbocycles.